The summed E-state index contributed by atoms with van der Waals surface area (Å²) in [6.45, 7) is 1.71. The lowest BCUT2D eigenvalue weighted by Gasteiger charge is -2.07. The van der Waals surface area contributed by atoms with Crippen LogP contribution in [-0.2, 0) is 4.79 Å². The normalized spacial score (nSPS) is 10.8. The number of carbonyl (C=O) groups is 2. The van der Waals surface area contributed by atoms with Gasteiger partial charge in [-0.3, -0.25) is 4.79 Å². The van der Waals surface area contributed by atoms with Gasteiger partial charge in [-0.25, -0.2) is 10.2 Å². The largest absolute Gasteiger partial charge is 0.484 e. The number of esters is 1. The summed E-state index contributed by atoms with van der Waals surface area (Å²) in [4.78, 5) is 24.3. The first-order chi connectivity index (χ1) is 16.1. The van der Waals surface area contributed by atoms with Gasteiger partial charge in [0.1, 0.15) is 11.5 Å². The second-order valence-corrected chi connectivity index (χ2v) is 7.36. The summed E-state index contributed by atoms with van der Waals surface area (Å²) in [5.74, 6) is 0.258. The Balaban J connectivity index is 1.26. The van der Waals surface area contributed by atoms with Gasteiger partial charge in [-0.1, -0.05) is 48.5 Å². The third-order valence-electron chi connectivity index (χ3n) is 4.95. The molecule has 1 amide bonds. The van der Waals surface area contributed by atoms with E-state index in [2.05, 4.69) is 10.5 Å². The lowest BCUT2D eigenvalue weighted by Crippen LogP contribution is -2.24. The van der Waals surface area contributed by atoms with E-state index < -0.39 is 5.97 Å². The summed E-state index contributed by atoms with van der Waals surface area (Å²) in [5.41, 5.74) is 4.55. The molecule has 0 atom stereocenters. The number of aryl methyl sites for hydroxylation is 1. The van der Waals surface area contributed by atoms with Crippen molar-refractivity contribution in [2.24, 2.45) is 5.10 Å². The minimum Gasteiger partial charge on any atom is -0.484 e. The summed E-state index contributed by atoms with van der Waals surface area (Å²) in [5, 5.41) is 6.09. The average Bonchev–Trinajstić information content (AvgIpc) is 2.84. The molecule has 0 aliphatic heterocycles. The van der Waals surface area contributed by atoms with Crippen LogP contribution in [0.25, 0.3) is 10.8 Å². The molecule has 6 nitrogen and oxygen atoms in total. The van der Waals surface area contributed by atoms with Gasteiger partial charge in [0, 0.05) is 0 Å². The maximum Gasteiger partial charge on any atom is 0.343 e. The highest BCUT2D eigenvalue weighted by Gasteiger charge is 2.10. The van der Waals surface area contributed by atoms with Crippen LogP contribution in [-0.4, -0.2) is 24.7 Å². The van der Waals surface area contributed by atoms with Gasteiger partial charge in [-0.2, -0.15) is 5.10 Å². The fourth-order valence-electron chi connectivity index (χ4n) is 3.20. The van der Waals surface area contributed by atoms with E-state index >= 15 is 0 Å². The monoisotopic (exact) mass is 438 g/mol. The summed E-state index contributed by atoms with van der Waals surface area (Å²) in [6.07, 6.45) is 1.50. The minimum absolute atomic E-state index is 0.149. The van der Waals surface area contributed by atoms with Crippen LogP contribution < -0.4 is 14.9 Å². The molecular weight excluding hydrogens is 416 g/mol. The van der Waals surface area contributed by atoms with Crippen LogP contribution in [0.1, 0.15) is 21.5 Å². The Bertz CT molecular complexity index is 1310. The van der Waals surface area contributed by atoms with Gasteiger partial charge in [-0.15, -0.1) is 0 Å². The Morgan fingerprint density at radius 1 is 0.848 bits per heavy atom. The van der Waals surface area contributed by atoms with Crippen LogP contribution in [0.3, 0.4) is 0 Å². The standard InChI is InChI=1S/C27H22N2O4/c1-19-6-2-5-9-25(19)27(31)33-23-13-10-20(11-14-23)17-28-29-26(30)18-32-24-15-12-21-7-3-4-8-22(21)16-24/h2-17H,18H2,1H3,(H,29,30)/b28-17-. The molecule has 33 heavy (non-hydrogen) atoms. The molecule has 0 aromatic heterocycles. The number of hydrazone groups is 1. The Morgan fingerprint density at radius 2 is 1.55 bits per heavy atom. The molecule has 0 spiro atoms. The lowest BCUT2D eigenvalue weighted by atomic mass is 10.1. The molecule has 4 rings (SSSR count). The zero-order chi connectivity index (χ0) is 23.0. The van der Waals surface area contributed by atoms with Crippen molar-refractivity contribution in [2.75, 3.05) is 6.61 Å². The van der Waals surface area contributed by atoms with Crippen LogP contribution >= 0.6 is 0 Å². The van der Waals surface area contributed by atoms with E-state index in [1.165, 1.54) is 6.21 Å². The second kappa shape index (κ2) is 10.2. The van der Waals surface area contributed by atoms with Gasteiger partial charge in [0.25, 0.3) is 5.91 Å². The number of carbonyl (C=O) groups excluding carboxylic acids is 2. The van der Waals surface area contributed by atoms with Crippen LogP contribution in [0.4, 0.5) is 0 Å². The molecular formula is C27H22N2O4. The van der Waals surface area contributed by atoms with E-state index in [1.54, 1.807) is 36.4 Å². The highest BCUT2D eigenvalue weighted by Crippen LogP contribution is 2.20. The number of amides is 1. The van der Waals surface area contributed by atoms with Crippen molar-refractivity contribution >= 4 is 28.9 Å². The number of hydrogen-bond acceptors (Lipinski definition) is 5. The zero-order valence-electron chi connectivity index (χ0n) is 18.0. The zero-order valence-corrected chi connectivity index (χ0v) is 18.0. The van der Waals surface area contributed by atoms with Crippen molar-refractivity contribution in [3.8, 4) is 11.5 Å². The highest BCUT2D eigenvalue weighted by atomic mass is 16.5. The number of hydrogen-bond donors (Lipinski definition) is 1. The minimum atomic E-state index is -0.409. The lowest BCUT2D eigenvalue weighted by molar-refractivity contribution is -0.123. The molecule has 0 saturated heterocycles. The number of nitrogens with one attached hydrogen (secondary N) is 1. The van der Waals surface area contributed by atoms with Crippen molar-refractivity contribution < 1.29 is 19.1 Å². The first-order valence-corrected chi connectivity index (χ1v) is 10.4. The molecule has 4 aromatic rings. The summed E-state index contributed by atoms with van der Waals surface area (Å²) in [6, 6.07) is 27.7. The molecule has 164 valence electrons. The number of benzene rings is 4. The molecule has 0 unspecified atom stereocenters. The van der Waals surface area contributed by atoms with Gasteiger partial charge in [0.2, 0.25) is 0 Å². The van der Waals surface area contributed by atoms with Gasteiger partial charge >= 0.3 is 5.97 Å². The van der Waals surface area contributed by atoms with E-state index in [-0.39, 0.29) is 12.5 Å². The fourth-order valence-corrected chi connectivity index (χ4v) is 3.20. The van der Waals surface area contributed by atoms with Gasteiger partial charge in [0.15, 0.2) is 6.61 Å². The smallest absolute Gasteiger partial charge is 0.343 e. The number of fused-ring (bicyclic) bond motifs is 1. The van der Waals surface area contributed by atoms with E-state index in [1.807, 2.05) is 61.5 Å². The Kier molecular flexibility index (Phi) is 6.75. The number of rotatable bonds is 7. The molecule has 4 aromatic carbocycles. The Hall–Kier alpha value is -4.45. The second-order valence-electron chi connectivity index (χ2n) is 7.36. The van der Waals surface area contributed by atoms with Crippen molar-refractivity contribution in [1.82, 2.24) is 5.43 Å². The number of nitrogens with zero attached hydrogens (tertiary/aromatic N) is 1. The first kappa shape index (κ1) is 21.8. The SMILES string of the molecule is Cc1ccccc1C(=O)Oc1ccc(/C=N\NC(=O)COc2ccc3ccccc3c2)cc1. The van der Waals surface area contributed by atoms with Crippen molar-refractivity contribution in [2.45, 2.75) is 6.92 Å². The number of ether oxygens (including phenoxy) is 2. The maximum atomic E-state index is 12.3. The van der Waals surface area contributed by atoms with Crippen molar-refractivity contribution in [1.29, 1.82) is 0 Å². The molecule has 1 N–H and O–H groups in total. The first-order valence-electron chi connectivity index (χ1n) is 10.4. The van der Waals surface area contributed by atoms with Gasteiger partial charge in [-0.05, 0) is 71.3 Å². The van der Waals surface area contributed by atoms with Crippen LogP contribution in [0.15, 0.2) is 96.1 Å². The van der Waals surface area contributed by atoms with Crippen molar-refractivity contribution in [3.63, 3.8) is 0 Å². The van der Waals surface area contributed by atoms with E-state index in [0.717, 1.165) is 21.9 Å². The van der Waals surface area contributed by atoms with Crippen LogP contribution in [0.5, 0.6) is 11.5 Å². The average molecular weight is 438 g/mol. The quantitative estimate of drug-likeness (QED) is 0.193. The maximum absolute atomic E-state index is 12.3. The van der Waals surface area contributed by atoms with E-state index in [0.29, 0.717) is 17.1 Å². The van der Waals surface area contributed by atoms with E-state index in [4.69, 9.17) is 9.47 Å². The summed E-state index contributed by atoms with van der Waals surface area (Å²) in [7, 11) is 0. The van der Waals surface area contributed by atoms with Crippen molar-refractivity contribution in [3.05, 3.63) is 108 Å². The molecule has 0 radical (unpaired) electrons. The fraction of sp³-hybridized carbons (Fsp3) is 0.0741. The van der Waals surface area contributed by atoms with Crippen LogP contribution in [0, 0.1) is 6.92 Å². The van der Waals surface area contributed by atoms with Gasteiger partial charge in [0.05, 0.1) is 11.8 Å². The highest BCUT2D eigenvalue weighted by molar-refractivity contribution is 5.92. The van der Waals surface area contributed by atoms with E-state index in [9.17, 15) is 9.59 Å². The molecule has 6 heteroatoms. The molecule has 0 aliphatic rings. The third kappa shape index (κ3) is 5.83. The molecule has 0 saturated carbocycles. The Labute approximate surface area is 191 Å². The topological polar surface area (TPSA) is 77.0 Å². The molecule has 0 aliphatic carbocycles. The molecule has 0 fully saturated rings. The molecule has 0 bridgehead atoms. The van der Waals surface area contributed by atoms with Gasteiger partial charge < -0.3 is 9.47 Å². The Morgan fingerprint density at radius 3 is 2.33 bits per heavy atom. The summed E-state index contributed by atoms with van der Waals surface area (Å²) >= 11 is 0. The molecule has 0 heterocycles. The summed E-state index contributed by atoms with van der Waals surface area (Å²) < 4.78 is 11.0. The predicted molar refractivity (Wildman–Crippen MR) is 128 cm³/mol. The van der Waals surface area contributed by atoms with Crippen LogP contribution in [0.2, 0.25) is 0 Å². The predicted octanol–water partition coefficient (Wildman–Crippen LogP) is 4.90. The third-order valence-corrected chi connectivity index (χ3v) is 4.95.